The maximum atomic E-state index is 11.9. The summed E-state index contributed by atoms with van der Waals surface area (Å²) in [5.41, 5.74) is -1.62. The molecular weight excluding hydrogens is 392 g/mol. The molecule has 0 aromatic rings. The van der Waals surface area contributed by atoms with Gasteiger partial charge < -0.3 is 28.4 Å². The summed E-state index contributed by atoms with van der Waals surface area (Å²) in [5, 5.41) is 0. The first-order chi connectivity index (χ1) is 13.5. The van der Waals surface area contributed by atoms with Crippen molar-refractivity contribution in [3.63, 3.8) is 0 Å². The van der Waals surface area contributed by atoms with Gasteiger partial charge in [-0.1, -0.05) is 0 Å². The smallest absolute Gasteiger partial charge is 0.303 e. The quantitative estimate of drug-likeness (QED) is 0.435. The Morgan fingerprint density at radius 2 is 1.17 bits per heavy atom. The summed E-state index contributed by atoms with van der Waals surface area (Å²) in [5.74, 6) is -3.74. The highest BCUT2D eigenvalue weighted by Gasteiger charge is 2.69. The number of ether oxygens (including phenoxy) is 6. The van der Waals surface area contributed by atoms with Gasteiger partial charge >= 0.3 is 29.8 Å². The average molecular weight is 416 g/mol. The highest BCUT2D eigenvalue weighted by molar-refractivity contribution is 5.70. The van der Waals surface area contributed by atoms with Crippen LogP contribution in [0.4, 0.5) is 0 Å². The van der Waals surface area contributed by atoms with E-state index in [1.165, 1.54) is 0 Å². The zero-order chi connectivity index (χ0) is 21.9. The molecule has 0 aromatic heterocycles. The molecule has 0 N–H and O–H groups in total. The lowest BCUT2D eigenvalue weighted by Gasteiger charge is -2.50. The van der Waals surface area contributed by atoms with Gasteiger partial charge in [-0.05, 0) is 0 Å². The van der Waals surface area contributed by atoms with Gasteiger partial charge in [-0.15, -0.1) is 0 Å². The van der Waals surface area contributed by atoms with Crippen LogP contribution in [0, 0.1) is 0 Å². The molecule has 0 aromatic carbocycles. The SMILES string of the molecule is CC(=O)OC1C(OC(C)=O)[C@]2(OC(C)=O)CCO[C@H]2C(OC(C)=O)[C@H]1OC(C)=O. The van der Waals surface area contributed by atoms with Crippen LogP contribution in [-0.2, 0) is 52.4 Å². The van der Waals surface area contributed by atoms with E-state index in [9.17, 15) is 24.0 Å². The number of rotatable bonds is 5. The minimum absolute atomic E-state index is 0.0626. The summed E-state index contributed by atoms with van der Waals surface area (Å²) in [6, 6.07) is 0. The fraction of sp³-hybridized carbons (Fsp3) is 0.722. The van der Waals surface area contributed by atoms with E-state index in [4.69, 9.17) is 28.4 Å². The summed E-state index contributed by atoms with van der Waals surface area (Å²) in [4.78, 5) is 58.9. The fourth-order valence-corrected chi connectivity index (χ4v) is 3.86. The molecule has 29 heavy (non-hydrogen) atoms. The summed E-state index contributed by atoms with van der Waals surface area (Å²) in [6.45, 7) is 5.68. The van der Waals surface area contributed by atoms with Crippen LogP contribution in [0.15, 0.2) is 0 Å². The molecule has 3 unspecified atom stereocenters. The second kappa shape index (κ2) is 8.76. The van der Waals surface area contributed by atoms with E-state index >= 15 is 0 Å². The molecule has 2 fully saturated rings. The van der Waals surface area contributed by atoms with Gasteiger partial charge in [0.25, 0.3) is 0 Å². The highest BCUT2D eigenvalue weighted by Crippen LogP contribution is 2.46. The van der Waals surface area contributed by atoms with Gasteiger partial charge in [0, 0.05) is 41.0 Å². The number of carbonyl (C=O) groups excluding carboxylic acids is 5. The Bertz CT molecular complexity index is 702. The molecule has 11 heteroatoms. The average Bonchev–Trinajstić information content (AvgIpc) is 2.96. The first-order valence-corrected chi connectivity index (χ1v) is 8.98. The summed E-state index contributed by atoms with van der Waals surface area (Å²) in [6.07, 6.45) is -6.49. The van der Waals surface area contributed by atoms with Gasteiger partial charge in [0.05, 0.1) is 6.61 Å². The molecule has 2 aliphatic rings. The molecule has 1 saturated carbocycles. The zero-order valence-corrected chi connectivity index (χ0v) is 16.8. The van der Waals surface area contributed by atoms with Crippen LogP contribution >= 0.6 is 0 Å². The van der Waals surface area contributed by atoms with Crippen molar-refractivity contribution in [2.45, 2.75) is 77.2 Å². The number of hydrogen-bond donors (Lipinski definition) is 0. The molecule has 11 nitrogen and oxygen atoms in total. The number of carbonyl (C=O) groups is 5. The van der Waals surface area contributed by atoms with Crippen LogP contribution in [0.1, 0.15) is 41.0 Å². The van der Waals surface area contributed by atoms with Crippen LogP contribution in [0.2, 0.25) is 0 Å². The van der Waals surface area contributed by atoms with Crippen molar-refractivity contribution in [1.82, 2.24) is 0 Å². The molecule has 1 saturated heterocycles. The topological polar surface area (TPSA) is 141 Å². The zero-order valence-electron chi connectivity index (χ0n) is 16.8. The van der Waals surface area contributed by atoms with Gasteiger partial charge in [0.1, 0.15) is 6.10 Å². The first-order valence-electron chi connectivity index (χ1n) is 8.98. The molecule has 162 valence electrons. The fourth-order valence-electron chi connectivity index (χ4n) is 3.86. The summed E-state index contributed by atoms with van der Waals surface area (Å²) < 4.78 is 32.5. The van der Waals surface area contributed by atoms with E-state index in [0.717, 1.165) is 34.6 Å². The van der Waals surface area contributed by atoms with Crippen LogP contribution in [0.5, 0.6) is 0 Å². The lowest BCUT2D eigenvalue weighted by Crippen LogP contribution is -2.73. The Balaban J connectivity index is 2.65. The minimum atomic E-state index is -1.62. The van der Waals surface area contributed by atoms with Gasteiger partial charge in [-0.25, -0.2) is 0 Å². The highest BCUT2D eigenvalue weighted by atomic mass is 16.7. The van der Waals surface area contributed by atoms with E-state index in [-0.39, 0.29) is 13.0 Å². The molecule has 0 radical (unpaired) electrons. The largest absolute Gasteiger partial charge is 0.455 e. The molecule has 2 rings (SSSR count). The maximum absolute atomic E-state index is 11.9. The summed E-state index contributed by atoms with van der Waals surface area (Å²) in [7, 11) is 0. The van der Waals surface area contributed by atoms with Gasteiger partial charge in [0.2, 0.25) is 0 Å². The normalized spacial score (nSPS) is 33.1. The minimum Gasteiger partial charge on any atom is -0.455 e. The van der Waals surface area contributed by atoms with E-state index in [1.807, 2.05) is 0 Å². The predicted molar refractivity (Wildman–Crippen MR) is 91.1 cm³/mol. The third-order valence-corrected chi connectivity index (χ3v) is 4.53. The number of esters is 5. The van der Waals surface area contributed by atoms with Crippen LogP contribution < -0.4 is 0 Å². The third-order valence-electron chi connectivity index (χ3n) is 4.53. The second-order valence-electron chi connectivity index (χ2n) is 6.84. The Morgan fingerprint density at radius 1 is 0.690 bits per heavy atom. The van der Waals surface area contributed by atoms with Crippen molar-refractivity contribution in [3.05, 3.63) is 0 Å². The van der Waals surface area contributed by atoms with E-state index < -0.39 is 66.0 Å². The van der Waals surface area contributed by atoms with Gasteiger partial charge in [-0.3, -0.25) is 24.0 Å². The first kappa shape index (κ1) is 22.6. The lowest BCUT2D eigenvalue weighted by molar-refractivity contribution is -0.274. The van der Waals surface area contributed by atoms with Gasteiger partial charge in [0.15, 0.2) is 30.0 Å². The molecule has 0 bridgehead atoms. The van der Waals surface area contributed by atoms with E-state index in [1.54, 1.807) is 0 Å². The predicted octanol–water partition coefficient (Wildman–Crippen LogP) is -0.182. The Hall–Kier alpha value is -2.69. The molecule has 6 atom stereocenters. The third kappa shape index (κ3) is 4.84. The maximum Gasteiger partial charge on any atom is 0.303 e. The van der Waals surface area contributed by atoms with Crippen molar-refractivity contribution in [2.75, 3.05) is 6.61 Å². The second-order valence-corrected chi connectivity index (χ2v) is 6.84. The van der Waals surface area contributed by atoms with E-state index in [2.05, 4.69) is 0 Å². The van der Waals surface area contributed by atoms with Gasteiger partial charge in [-0.2, -0.15) is 0 Å². The van der Waals surface area contributed by atoms with Crippen LogP contribution in [-0.4, -0.2) is 72.6 Å². The molecule has 1 heterocycles. The van der Waals surface area contributed by atoms with Crippen molar-refractivity contribution in [2.24, 2.45) is 0 Å². The Morgan fingerprint density at radius 3 is 1.66 bits per heavy atom. The number of fused-ring (bicyclic) bond motifs is 1. The standard InChI is InChI=1S/C18H24O11/c1-8(19)25-13-14(26-9(2)20)16-18(6-7-24-16,29-12(5)23)17(28-11(4)22)15(13)27-10(3)21/h13-17H,6-7H2,1-5H3/t13-,14?,15?,16+,17?,18+/m1/s1. The van der Waals surface area contributed by atoms with E-state index in [0.29, 0.717) is 0 Å². The van der Waals surface area contributed by atoms with Crippen molar-refractivity contribution < 1.29 is 52.4 Å². The summed E-state index contributed by atoms with van der Waals surface area (Å²) >= 11 is 0. The van der Waals surface area contributed by atoms with Crippen molar-refractivity contribution in [1.29, 1.82) is 0 Å². The Kier molecular flexibility index (Phi) is 6.83. The molecule has 1 aliphatic heterocycles. The molecular formula is C18H24O11. The van der Waals surface area contributed by atoms with Crippen LogP contribution in [0.25, 0.3) is 0 Å². The van der Waals surface area contributed by atoms with Crippen LogP contribution in [0.3, 0.4) is 0 Å². The molecule has 0 spiro atoms. The van der Waals surface area contributed by atoms with Crippen molar-refractivity contribution >= 4 is 29.8 Å². The molecule has 1 aliphatic carbocycles. The number of hydrogen-bond acceptors (Lipinski definition) is 11. The molecule has 0 amide bonds. The lowest BCUT2D eigenvalue weighted by atomic mass is 9.73. The van der Waals surface area contributed by atoms with Crippen molar-refractivity contribution in [3.8, 4) is 0 Å². The Labute approximate surface area is 166 Å². The monoisotopic (exact) mass is 416 g/mol.